The van der Waals surface area contributed by atoms with E-state index in [2.05, 4.69) is 31.3 Å². The zero-order valence-electron chi connectivity index (χ0n) is 14.0. The second-order valence-electron chi connectivity index (χ2n) is 5.79. The summed E-state index contributed by atoms with van der Waals surface area (Å²) in [4.78, 5) is 17.5. The van der Waals surface area contributed by atoms with Gasteiger partial charge in [0.2, 0.25) is 0 Å². The fourth-order valence-electron chi connectivity index (χ4n) is 3.00. The van der Waals surface area contributed by atoms with Gasteiger partial charge in [0.1, 0.15) is 11.5 Å². The van der Waals surface area contributed by atoms with Crippen molar-refractivity contribution in [2.75, 3.05) is 5.75 Å². The highest BCUT2D eigenvalue weighted by atomic mass is 79.9. The van der Waals surface area contributed by atoms with Crippen molar-refractivity contribution in [2.45, 2.75) is 13.1 Å². The summed E-state index contributed by atoms with van der Waals surface area (Å²) in [5.74, 6) is -0.0816. The minimum Gasteiger partial charge on any atom is -0.298 e. The van der Waals surface area contributed by atoms with Crippen LogP contribution in [0, 0.1) is 5.82 Å². The lowest BCUT2D eigenvalue weighted by Gasteiger charge is -2.34. The summed E-state index contributed by atoms with van der Waals surface area (Å²) in [6, 6.07) is 9.85. The molecule has 0 saturated heterocycles. The van der Waals surface area contributed by atoms with Crippen LogP contribution in [-0.4, -0.2) is 21.8 Å². The number of benzene rings is 2. The average molecular weight is 468 g/mol. The molecule has 2 aliphatic heterocycles. The standard InChI is InChI=1S/C18H13BrClFN4OS/c1-2-27-18-23-17(26)15-10-8-9(19)6-7-13(10)22-16(25(15)24-18)14-11(20)4-3-5-12(14)21/h3-8,16H,2H2,1H3,(H,23,24,26)/t16-/m1/s1. The summed E-state index contributed by atoms with van der Waals surface area (Å²) in [6.45, 7) is 1.96. The quantitative estimate of drug-likeness (QED) is 0.738. The van der Waals surface area contributed by atoms with Gasteiger partial charge in [-0.15, -0.1) is 5.10 Å². The van der Waals surface area contributed by atoms with Crippen LogP contribution in [0.5, 0.6) is 0 Å². The number of nitrogens with zero attached hydrogens (tertiary/aromatic N) is 3. The lowest BCUT2D eigenvalue weighted by atomic mass is 10.1. The predicted octanol–water partition coefficient (Wildman–Crippen LogP) is 3.14. The van der Waals surface area contributed by atoms with Gasteiger partial charge in [-0.2, -0.15) is 0 Å². The molecule has 0 radical (unpaired) electrons. The first-order valence-corrected chi connectivity index (χ1v) is 10.3. The first-order valence-electron chi connectivity index (χ1n) is 8.13. The smallest absolute Gasteiger partial charge is 0.276 e. The van der Waals surface area contributed by atoms with Crippen molar-refractivity contribution >= 4 is 56.1 Å². The third-order valence-corrected chi connectivity index (χ3v) is 5.68. The Morgan fingerprint density at radius 3 is 2.93 bits per heavy atom. The molecule has 0 fully saturated rings. The first kappa shape index (κ1) is 18.5. The fraction of sp³-hybridized carbons (Fsp3) is 0.167. The zero-order valence-corrected chi connectivity index (χ0v) is 17.2. The highest BCUT2D eigenvalue weighted by Gasteiger charge is 2.36. The molecule has 138 valence electrons. The van der Waals surface area contributed by atoms with Crippen LogP contribution in [-0.2, 0) is 4.79 Å². The SMILES string of the molecule is CCSC1=NN2C(=c3cc(Br)ccc3=N[C@H]2c2c(F)cccc2Cl)C(=O)N1. The maximum absolute atomic E-state index is 14.6. The molecule has 0 spiro atoms. The molecule has 0 saturated carbocycles. The number of fused-ring (bicyclic) bond motifs is 2. The van der Waals surface area contributed by atoms with Crippen molar-refractivity contribution < 1.29 is 9.18 Å². The molecule has 27 heavy (non-hydrogen) atoms. The molecule has 1 amide bonds. The molecule has 2 aromatic carbocycles. The molecule has 2 heterocycles. The van der Waals surface area contributed by atoms with Crippen LogP contribution < -0.4 is 15.9 Å². The number of carbonyl (C=O) groups is 1. The number of thioether (sulfide) groups is 1. The third kappa shape index (κ3) is 3.26. The van der Waals surface area contributed by atoms with Gasteiger partial charge in [0.25, 0.3) is 5.91 Å². The Balaban J connectivity index is 2.02. The molecule has 0 bridgehead atoms. The van der Waals surface area contributed by atoms with Gasteiger partial charge in [-0.25, -0.2) is 9.40 Å². The van der Waals surface area contributed by atoms with E-state index in [-0.39, 0.29) is 16.5 Å². The lowest BCUT2D eigenvalue weighted by Crippen LogP contribution is -2.50. The molecule has 9 heteroatoms. The molecule has 0 aromatic heterocycles. The zero-order chi connectivity index (χ0) is 19.1. The topological polar surface area (TPSA) is 57.1 Å². The molecule has 5 nitrogen and oxygen atoms in total. The lowest BCUT2D eigenvalue weighted by molar-refractivity contribution is -0.116. The van der Waals surface area contributed by atoms with Crippen molar-refractivity contribution in [1.82, 2.24) is 10.3 Å². The minimum absolute atomic E-state index is 0.185. The van der Waals surface area contributed by atoms with Crippen molar-refractivity contribution in [3.63, 3.8) is 0 Å². The van der Waals surface area contributed by atoms with Gasteiger partial charge < -0.3 is 0 Å². The highest BCUT2D eigenvalue weighted by molar-refractivity contribution is 9.10. The van der Waals surface area contributed by atoms with Crippen LogP contribution in [0.4, 0.5) is 4.39 Å². The van der Waals surface area contributed by atoms with E-state index in [0.717, 1.165) is 10.2 Å². The fourth-order valence-corrected chi connectivity index (χ4v) is 4.20. The van der Waals surface area contributed by atoms with E-state index in [0.29, 0.717) is 21.4 Å². The summed E-state index contributed by atoms with van der Waals surface area (Å²) in [5.41, 5.74) is 0.496. The first-order chi connectivity index (χ1) is 13.0. The van der Waals surface area contributed by atoms with E-state index in [4.69, 9.17) is 11.6 Å². The summed E-state index contributed by atoms with van der Waals surface area (Å²) in [6.07, 6.45) is -0.874. The van der Waals surface area contributed by atoms with Gasteiger partial charge in [-0.1, -0.05) is 52.3 Å². The molecule has 1 N–H and O–H groups in total. The van der Waals surface area contributed by atoms with Crippen molar-refractivity contribution in [2.24, 2.45) is 10.1 Å². The minimum atomic E-state index is -0.874. The number of rotatable bonds is 2. The highest BCUT2D eigenvalue weighted by Crippen LogP contribution is 2.35. The van der Waals surface area contributed by atoms with Gasteiger partial charge in [0.05, 0.1) is 15.9 Å². The predicted molar refractivity (Wildman–Crippen MR) is 108 cm³/mol. The summed E-state index contributed by atoms with van der Waals surface area (Å²) < 4.78 is 15.4. The molecule has 4 rings (SSSR count). The molecular formula is C18H13BrClFN4OS. The maximum Gasteiger partial charge on any atom is 0.276 e. The average Bonchev–Trinajstić information content (AvgIpc) is 2.62. The Morgan fingerprint density at radius 1 is 1.37 bits per heavy atom. The van der Waals surface area contributed by atoms with E-state index in [1.807, 2.05) is 13.0 Å². The molecule has 1 atom stereocenters. The van der Waals surface area contributed by atoms with Crippen molar-refractivity contribution in [3.8, 4) is 0 Å². The number of carbonyl (C=O) groups excluding carboxylic acids is 1. The number of hydrogen-bond donors (Lipinski definition) is 1. The van der Waals surface area contributed by atoms with Crippen molar-refractivity contribution in [3.05, 3.63) is 67.9 Å². The number of halogens is 3. The van der Waals surface area contributed by atoms with E-state index >= 15 is 0 Å². The number of hydrogen-bond acceptors (Lipinski definition) is 5. The third-order valence-electron chi connectivity index (χ3n) is 4.11. The van der Waals surface area contributed by atoms with Gasteiger partial charge in [0.15, 0.2) is 11.3 Å². The number of hydrazone groups is 1. The Hall–Kier alpha value is -1.90. The normalized spacial score (nSPS) is 18.3. The number of amides is 1. The molecular weight excluding hydrogens is 455 g/mol. The Labute approximate surface area is 172 Å². The second-order valence-corrected chi connectivity index (χ2v) is 8.36. The second kappa shape index (κ2) is 7.26. The van der Waals surface area contributed by atoms with E-state index in [9.17, 15) is 9.18 Å². The van der Waals surface area contributed by atoms with Crippen LogP contribution in [0.25, 0.3) is 5.70 Å². The van der Waals surface area contributed by atoms with Crippen LogP contribution in [0.15, 0.2) is 51.0 Å². The van der Waals surface area contributed by atoms with E-state index in [1.165, 1.54) is 28.9 Å². The summed E-state index contributed by atoms with van der Waals surface area (Å²) in [5, 5.41) is 10.6. The number of nitrogens with one attached hydrogen (secondary N) is 1. The Kier molecular flexibility index (Phi) is 4.96. The van der Waals surface area contributed by atoms with Gasteiger partial charge in [-0.3, -0.25) is 15.1 Å². The molecule has 0 aliphatic carbocycles. The van der Waals surface area contributed by atoms with E-state index in [1.54, 1.807) is 18.2 Å². The summed E-state index contributed by atoms with van der Waals surface area (Å²) >= 11 is 11.1. The molecule has 2 aromatic rings. The largest absolute Gasteiger partial charge is 0.298 e. The monoisotopic (exact) mass is 466 g/mol. The van der Waals surface area contributed by atoms with Crippen molar-refractivity contribution in [1.29, 1.82) is 0 Å². The van der Waals surface area contributed by atoms with Crippen LogP contribution in [0.3, 0.4) is 0 Å². The summed E-state index contributed by atoms with van der Waals surface area (Å²) in [7, 11) is 0. The van der Waals surface area contributed by atoms with Crippen LogP contribution in [0.1, 0.15) is 18.7 Å². The molecule has 0 unspecified atom stereocenters. The maximum atomic E-state index is 14.6. The van der Waals surface area contributed by atoms with Crippen LogP contribution in [0.2, 0.25) is 5.02 Å². The molecule has 2 aliphatic rings. The van der Waals surface area contributed by atoms with E-state index < -0.39 is 12.0 Å². The van der Waals surface area contributed by atoms with Crippen LogP contribution >= 0.6 is 39.3 Å². The number of amidine groups is 1. The van der Waals surface area contributed by atoms with Gasteiger partial charge in [-0.05, 0) is 36.1 Å². The Bertz CT molecular complexity index is 1090. The van der Waals surface area contributed by atoms with Gasteiger partial charge in [0, 0.05) is 9.69 Å². The Morgan fingerprint density at radius 2 is 2.19 bits per heavy atom. The van der Waals surface area contributed by atoms with Gasteiger partial charge >= 0.3 is 0 Å².